The molecule has 0 bridgehead atoms. The minimum absolute atomic E-state index is 0.145. The number of rotatable bonds is 1. The van der Waals surface area contributed by atoms with E-state index in [2.05, 4.69) is 19.9 Å². The number of aromatic nitrogens is 4. The third kappa shape index (κ3) is 1.13. The average Bonchev–Trinajstić information content (AvgIpc) is 2.46. The van der Waals surface area contributed by atoms with E-state index in [1.165, 1.54) is 6.20 Å². The van der Waals surface area contributed by atoms with Crippen LogP contribution < -0.4 is 0 Å². The second-order valence-electron chi connectivity index (χ2n) is 2.22. The van der Waals surface area contributed by atoms with Crippen molar-refractivity contribution in [3.63, 3.8) is 0 Å². The van der Waals surface area contributed by atoms with Crippen molar-refractivity contribution in [1.82, 2.24) is 19.9 Å². The molecule has 62 valence electrons. The van der Waals surface area contributed by atoms with Crippen molar-refractivity contribution in [2.75, 3.05) is 0 Å². The smallest absolute Gasteiger partial charge is 0.224 e. The van der Waals surface area contributed by atoms with Gasteiger partial charge in [0.2, 0.25) is 5.28 Å². The molecule has 12 heavy (non-hydrogen) atoms. The quantitative estimate of drug-likeness (QED) is 0.633. The Morgan fingerprint density at radius 3 is 3.08 bits per heavy atom. The van der Waals surface area contributed by atoms with Crippen molar-refractivity contribution in [1.29, 1.82) is 0 Å². The summed E-state index contributed by atoms with van der Waals surface area (Å²) in [7, 11) is 0. The normalized spacial score (nSPS) is 10.8. The molecular weight excluding hydrogens is 180 g/mol. The predicted molar refractivity (Wildman–Crippen MR) is 42.6 cm³/mol. The Kier molecular flexibility index (Phi) is 1.67. The highest BCUT2D eigenvalue weighted by Gasteiger charge is 2.03. The topological polar surface area (TPSA) is 74.7 Å². The van der Waals surface area contributed by atoms with Crippen LogP contribution in [0.1, 0.15) is 5.82 Å². The molecule has 0 unspecified atom stereocenters. The number of H-pyrrole nitrogens is 1. The van der Waals surface area contributed by atoms with E-state index in [0.29, 0.717) is 17.0 Å². The van der Waals surface area contributed by atoms with Gasteiger partial charge in [0, 0.05) is 0 Å². The molecule has 2 heterocycles. The number of imidazole rings is 1. The van der Waals surface area contributed by atoms with Gasteiger partial charge in [-0.15, -0.1) is 0 Å². The fraction of sp³-hybridized carbons (Fsp3) is 0.167. The maximum absolute atomic E-state index is 8.73. The molecule has 2 aromatic rings. The molecule has 0 fully saturated rings. The first-order valence-electron chi connectivity index (χ1n) is 3.27. The summed E-state index contributed by atoms with van der Waals surface area (Å²) in [6.45, 7) is -0.145. The summed E-state index contributed by atoms with van der Waals surface area (Å²) in [5.41, 5.74) is 1.14. The number of aliphatic hydroxyl groups excluding tert-OH is 1. The lowest BCUT2D eigenvalue weighted by Gasteiger charge is -1.85. The fourth-order valence-electron chi connectivity index (χ4n) is 0.912. The Morgan fingerprint density at radius 1 is 1.50 bits per heavy atom. The van der Waals surface area contributed by atoms with Crippen LogP contribution in [-0.4, -0.2) is 25.0 Å². The SMILES string of the molecule is OCc1nc2nc(Cl)ncc2[nH]1. The highest BCUT2D eigenvalue weighted by molar-refractivity contribution is 6.28. The van der Waals surface area contributed by atoms with E-state index in [4.69, 9.17) is 16.7 Å². The molecule has 2 rings (SSSR count). The first-order chi connectivity index (χ1) is 5.79. The van der Waals surface area contributed by atoms with Crippen molar-refractivity contribution < 1.29 is 5.11 Å². The van der Waals surface area contributed by atoms with Gasteiger partial charge >= 0.3 is 0 Å². The van der Waals surface area contributed by atoms with Crippen LogP contribution in [0.4, 0.5) is 0 Å². The van der Waals surface area contributed by atoms with E-state index < -0.39 is 0 Å². The van der Waals surface area contributed by atoms with E-state index >= 15 is 0 Å². The van der Waals surface area contributed by atoms with E-state index in [1.807, 2.05) is 0 Å². The number of fused-ring (bicyclic) bond motifs is 1. The van der Waals surface area contributed by atoms with Gasteiger partial charge in [-0.25, -0.2) is 9.97 Å². The zero-order chi connectivity index (χ0) is 8.55. The Hall–Kier alpha value is -1.20. The Bertz CT molecular complexity index is 413. The third-order valence-corrected chi connectivity index (χ3v) is 1.59. The van der Waals surface area contributed by atoms with Gasteiger partial charge in [-0.05, 0) is 11.6 Å². The minimum atomic E-state index is -0.145. The van der Waals surface area contributed by atoms with Crippen LogP contribution in [0.3, 0.4) is 0 Å². The van der Waals surface area contributed by atoms with Crippen molar-refractivity contribution in [2.24, 2.45) is 0 Å². The number of hydrogen-bond donors (Lipinski definition) is 2. The number of nitrogens with zero attached hydrogens (tertiary/aromatic N) is 3. The van der Waals surface area contributed by atoms with Crippen LogP contribution in [0, 0.1) is 0 Å². The van der Waals surface area contributed by atoms with Gasteiger partial charge in [0.15, 0.2) is 5.65 Å². The summed E-state index contributed by atoms with van der Waals surface area (Å²) >= 11 is 5.53. The standard InChI is InChI=1S/C6H5ClN4O/c7-6-8-1-3-5(11-6)10-4(2-12)9-3/h1,12H,2H2,(H,8,9,10,11). The van der Waals surface area contributed by atoms with Gasteiger partial charge in [0.1, 0.15) is 17.9 Å². The molecule has 0 aliphatic heterocycles. The maximum Gasteiger partial charge on any atom is 0.224 e. The predicted octanol–water partition coefficient (Wildman–Crippen LogP) is 0.499. The molecule has 2 N–H and O–H groups in total. The minimum Gasteiger partial charge on any atom is -0.388 e. The van der Waals surface area contributed by atoms with Gasteiger partial charge in [-0.3, -0.25) is 0 Å². The molecule has 5 nitrogen and oxygen atoms in total. The molecule has 6 heteroatoms. The Morgan fingerprint density at radius 2 is 2.33 bits per heavy atom. The second-order valence-corrected chi connectivity index (χ2v) is 2.56. The fourth-order valence-corrected chi connectivity index (χ4v) is 1.04. The van der Waals surface area contributed by atoms with E-state index in [9.17, 15) is 0 Å². The number of halogens is 1. The lowest BCUT2D eigenvalue weighted by Crippen LogP contribution is -1.83. The molecule has 0 saturated carbocycles. The highest BCUT2D eigenvalue weighted by atomic mass is 35.5. The first-order valence-corrected chi connectivity index (χ1v) is 3.65. The van der Waals surface area contributed by atoms with E-state index in [0.717, 1.165) is 0 Å². The summed E-state index contributed by atoms with van der Waals surface area (Å²) in [5, 5.41) is 8.88. The Labute approximate surface area is 72.4 Å². The summed E-state index contributed by atoms with van der Waals surface area (Å²) < 4.78 is 0. The van der Waals surface area contributed by atoms with Crippen LogP contribution in [0.15, 0.2) is 6.20 Å². The van der Waals surface area contributed by atoms with E-state index in [-0.39, 0.29) is 11.9 Å². The largest absolute Gasteiger partial charge is 0.388 e. The molecule has 0 radical (unpaired) electrons. The monoisotopic (exact) mass is 184 g/mol. The summed E-state index contributed by atoms with van der Waals surface area (Å²) in [6, 6.07) is 0. The second kappa shape index (κ2) is 2.69. The van der Waals surface area contributed by atoms with Crippen LogP contribution in [0.25, 0.3) is 11.2 Å². The van der Waals surface area contributed by atoms with Gasteiger partial charge in [-0.1, -0.05) is 0 Å². The summed E-state index contributed by atoms with van der Waals surface area (Å²) in [4.78, 5) is 14.4. The van der Waals surface area contributed by atoms with E-state index in [1.54, 1.807) is 0 Å². The van der Waals surface area contributed by atoms with Crippen molar-refractivity contribution in [3.8, 4) is 0 Å². The molecule has 0 aliphatic carbocycles. The van der Waals surface area contributed by atoms with Crippen LogP contribution >= 0.6 is 11.6 Å². The first kappa shape index (κ1) is 7.45. The average molecular weight is 185 g/mol. The molecular formula is C6H5ClN4O. The summed E-state index contributed by atoms with van der Waals surface area (Å²) in [6.07, 6.45) is 1.52. The Balaban J connectivity index is 2.67. The van der Waals surface area contributed by atoms with Crippen molar-refractivity contribution in [3.05, 3.63) is 17.3 Å². The molecule has 0 amide bonds. The molecule has 0 saturated heterocycles. The number of nitrogens with one attached hydrogen (secondary N) is 1. The maximum atomic E-state index is 8.73. The lowest BCUT2D eigenvalue weighted by atomic mass is 10.6. The van der Waals surface area contributed by atoms with Crippen LogP contribution in [0.2, 0.25) is 5.28 Å². The number of aromatic amines is 1. The molecule has 0 spiro atoms. The third-order valence-electron chi connectivity index (χ3n) is 1.41. The zero-order valence-corrected chi connectivity index (χ0v) is 6.71. The van der Waals surface area contributed by atoms with Crippen molar-refractivity contribution >= 4 is 22.8 Å². The highest BCUT2D eigenvalue weighted by Crippen LogP contribution is 2.09. The van der Waals surface area contributed by atoms with Gasteiger partial charge in [-0.2, -0.15) is 4.98 Å². The lowest BCUT2D eigenvalue weighted by molar-refractivity contribution is 0.273. The zero-order valence-electron chi connectivity index (χ0n) is 5.95. The molecule has 0 aliphatic rings. The molecule has 0 aromatic carbocycles. The number of aliphatic hydroxyl groups is 1. The van der Waals surface area contributed by atoms with Crippen LogP contribution in [-0.2, 0) is 6.61 Å². The summed E-state index contributed by atoms with van der Waals surface area (Å²) in [5.74, 6) is 0.460. The van der Waals surface area contributed by atoms with Crippen LogP contribution in [0.5, 0.6) is 0 Å². The van der Waals surface area contributed by atoms with Gasteiger partial charge < -0.3 is 10.1 Å². The van der Waals surface area contributed by atoms with Gasteiger partial charge in [0.25, 0.3) is 0 Å². The van der Waals surface area contributed by atoms with Gasteiger partial charge in [0.05, 0.1) is 6.20 Å². The molecule has 0 atom stereocenters. The molecule has 2 aromatic heterocycles. The number of hydrogen-bond acceptors (Lipinski definition) is 4. The van der Waals surface area contributed by atoms with Crippen molar-refractivity contribution in [2.45, 2.75) is 6.61 Å².